The fourth-order valence-corrected chi connectivity index (χ4v) is 1.11. The van der Waals surface area contributed by atoms with Gasteiger partial charge in [0.15, 0.2) is 0 Å². The highest BCUT2D eigenvalue weighted by molar-refractivity contribution is 5.31. The summed E-state index contributed by atoms with van der Waals surface area (Å²) in [6.07, 6.45) is 2.37. The molecule has 1 rings (SSSR count). The fraction of sp³-hybridized carbons (Fsp3) is 0.455. The van der Waals surface area contributed by atoms with Gasteiger partial charge in [0.05, 0.1) is 5.56 Å². The van der Waals surface area contributed by atoms with E-state index in [-0.39, 0.29) is 11.1 Å². The monoisotopic (exact) mass is 210 g/mol. The fourth-order valence-electron chi connectivity index (χ4n) is 1.11. The van der Waals surface area contributed by atoms with Crippen LogP contribution < -0.4 is 0 Å². The van der Waals surface area contributed by atoms with Crippen LogP contribution in [0.4, 0.5) is 8.78 Å². The third-order valence-corrected chi connectivity index (χ3v) is 2.17. The maximum Gasteiger partial charge on any atom is 0.279 e. The number of nitriles is 1. The molecule has 0 radical (unpaired) electrons. The Hall–Kier alpha value is -1.50. The van der Waals surface area contributed by atoms with Crippen molar-refractivity contribution in [3.8, 4) is 6.07 Å². The number of hydrogen-bond donors (Lipinski definition) is 0. The van der Waals surface area contributed by atoms with Crippen molar-refractivity contribution in [1.82, 2.24) is 4.98 Å². The van der Waals surface area contributed by atoms with Gasteiger partial charge in [0.1, 0.15) is 6.07 Å². The Bertz CT molecular complexity index is 400. The molecule has 0 saturated heterocycles. The highest BCUT2D eigenvalue weighted by Gasteiger charge is 2.44. The first-order chi connectivity index (χ1) is 6.79. The van der Waals surface area contributed by atoms with Crippen LogP contribution in [0.2, 0.25) is 0 Å². The number of alkyl halides is 2. The minimum absolute atomic E-state index is 0.149. The average Bonchev–Trinajstić information content (AvgIpc) is 2.16. The summed E-state index contributed by atoms with van der Waals surface area (Å²) < 4.78 is 27.7. The largest absolute Gasteiger partial charge is 0.279 e. The molecule has 4 heteroatoms. The van der Waals surface area contributed by atoms with Gasteiger partial charge in [0.25, 0.3) is 5.92 Å². The summed E-state index contributed by atoms with van der Waals surface area (Å²) >= 11 is 0. The topological polar surface area (TPSA) is 36.7 Å². The molecule has 0 aliphatic heterocycles. The van der Waals surface area contributed by atoms with Crippen molar-refractivity contribution in [1.29, 1.82) is 5.26 Å². The minimum Gasteiger partial charge on any atom is -0.263 e. The Balaban J connectivity index is 3.23. The van der Waals surface area contributed by atoms with E-state index in [4.69, 9.17) is 5.26 Å². The number of nitrogens with zero attached hydrogens (tertiary/aromatic N) is 2. The molecule has 0 aliphatic rings. The molecule has 0 fully saturated rings. The van der Waals surface area contributed by atoms with Gasteiger partial charge >= 0.3 is 0 Å². The first-order valence-corrected chi connectivity index (χ1v) is 4.52. The Morgan fingerprint density at radius 2 is 1.87 bits per heavy atom. The first-order valence-electron chi connectivity index (χ1n) is 4.52. The lowest BCUT2D eigenvalue weighted by Crippen LogP contribution is -2.31. The zero-order valence-corrected chi connectivity index (χ0v) is 8.88. The van der Waals surface area contributed by atoms with Gasteiger partial charge in [-0.2, -0.15) is 5.26 Å². The highest BCUT2D eigenvalue weighted by Crippen LogP contribution is 2.44. The van der Waals surface area contributed by atoms with Crippen LogP contribution in [0, 0.1) is 16.7 Å². The van der Waals surface area contributed by atoms with Crippen molar-refractivity contribution in [2.45, 2.75) is 26.7 Å². The van der Waals surface area contributed by atoms with Crippen molar-refractivity contribution in [2.24, 2.45) is 5.41 Å². The normalized spacial score (nSPS) is 12.3. The summed E-state index contributed by atoms with van der Waals surface area (Å²) in [6.45, 7) is 4.35. The van der Waals surface area contributed by atoms with Gasteiger partial charge < -0.3 is 0 Å². The Morgan fingerprint density at radius 3 is 2.33 bits per heavy atom. The summed E-state index contributed by atoms with van der Waals surface area (Å²) in [6, 6.07) is 2.97. The minimum atomic E-state index is -2.99. The molecule has 0 aromatic carbocycles. The van der Waals surface area contributed by atoms with Crippen LogP contribution in [-0.2, 0) is 5.92 Å². The predicted octanol–water partition coefficient (Wildman–Crippen LogP) is 3.09. The summed E-state index contributed by atoms with van der Waals surface area (Å²) in [5, 5.41) is 8.60. The predicted molar refractivity (Wildman–Crippen MR) is 52.3 cm³/mol. The lowest BCUT2D eigenvalue weighted by Gasteiger charge is -2.30. The molecule has 0 aliphatic carbocycles. The van der Waals surface area contributed by atoms with Gasteiger partial charge in [-0.05, 0) is 6.07 Å². The van der Waals surface area contributed by atoms with E-state index in [1.807, 2.05) is 0 Å². The van der Waals surface area contributed by atoms with Gasteiger partial charge in [0.2, 0.25) is 0 Å². The van der Waals surface area contributed by atoms with Crippen LogP contribution in [0.5, 0.6) is 0 Å². The smallest absolute Gasteiger partial charge is 0.263 e. The quantitative estimate of drug-likeness (QED) is 0.714. The third kappa shape index (κ3) is 2.12. The lowest BCUT2D eigenvalue weighted by molar-refractivity contribution is -0.104. The lowest BCUT2D eigenvalue weighted by atomic mass is 9.84. The molecule has 80 valence electrons. The number of hydrogen-bond acceptors (Lipinski definition) is 2. The van der Waals surface area contributed by atoms with Gasteiger partial charge in [-0.3, -0.25) is 4.98 Å². The second-order valence-corrected chi connectivity index (χ2v) is 4.40. The number of halogens is 2. The van der Waals surface area contributed by atoms with E-state index in [0.29, 0.717) is 0 Å². The Morgan fingerprint density at radius 1 is 1.27 bits per heavy atom. The zero-order chi connectivity index (χ0) is 11.7. The summed E-state index contributed by atoms with van der Waals surface area (Å²) in [5.74, 6) is -2.99. The van der Waals surface area contributed by atoms with E-state index in [1.165, 1.54) is 33.0 Å². The Kier molecular flexibility index (Phi) is 2.76. The van der Waals surface area contributed by atoms with E-state index in [9.17, 15) is 8.78 Å². The van der Waals surface area contributed by atoms with Crippen LogP contribution in [0.3, 0.4) is 0 Å². The molecule has 0 bridgehead atoms. The molecule has 0 saturated carbocycles. The zero-order valence-electron chi connectivity index (χ0n) is 8.88. The van der Waals surface area contributed by atoms with Crippen molar-refractivity contribution in [3.63, 3.8) is 0 Å². The summed E-state index contributed by atoms with van der Waals surface area (Å²) in [5.41, 5.74) is -1.26. The maximum atomic E-state index is 13.8. The molecule has 0 atom stereocenters. The standard InChI is InChI=1S/C11H12F2N2/c1-10(2,3)11(12,13)9-4-8(5-14)6-15-7-9/h4,6-7H,1-3H3. The second kappa shape index (κ2) is 3.58. The van der Waals surface area contributed by atoms with Crippen molar-refractivity contribution in [3.05, 3.63) is 29.6 Å². The number of pyridine rings is 1. The number of aromatic nitrogens is 1. The average molecular weight is 210 g/mol. The molecular weight excluding hydrogens is 198 g/mol. The van der Waals surface area contributed by atoms with E-state index in [2.05, 4.69) is 4.98 Å². The molecule has 1 aromatic rings. The van der Waals surface area contributed by atoms with Crippen LogP contribution >= 0.6 is 0 Å². The van der Waals surface area contributed by atoms with Gasteiger partial charge in [-0.25, -0.2) is 8.78 Å². The van der Waals surface area contributed by atoms with Crippen LogP contribution in [0.15, 0.2) is 18.5 Å². The number of rotatable bonds is 1. The summed E-state index contributed by atoms with van der Waals surface area (Å²) in [7, 11) is 0. The van der Waals surface area contributed by atoms with Crippen LogP contribution in [-0.4, -0.2) is 4.98 Å². The van der Waals surface area contributed by atoms with E-state index >= 15 is 0 Å². The van der Waals surface area contributed by atoms with Crippen molar-refractivity contribution < 1.29 is 8.78 Å². The molecule has 0 spiro atoms. The molecule has 0 unspecified atom stereocenters. The van der Waals surface area contributed by atoms with E-state index < -0.39 is 11.3 Å². The highest BCUT2D eigenvalue weighted by atomic mass is 19.3. The molecule has 2 nitrogen and oxygen atoms in total. The first kappa shape index (κ1) is 11.6. The Labute approximate surface area is 87.6 Å². The van der Waals surface area contributed by atoms with Gasteiger partial charge in [-0.1, -0.05) is 20.8 Å². The van der Waals surface area contributed by atoms with Crippen LogP contribution in [0.25, 0.3) is 0 Å². The molecule has 1 heterocycles. The maximum absolute atomic E-state index is 13.8. The molecule has 1 aromatic heterocycles. The van der Waals surface area contributed by atoms with Gasteiger partial charge in [-0.15, -0.1) is 0 Å². The van der Waals surface area contributed by atoms with Crippen molar-refractivity contribution in [2.75, 3.05) is 0 Å². The molecule has 0 N–H and O–H groups in total. The third-order valence-electron chi connectivity index (χ3n) is 2.17. The molecular formula is C11H12F2N2. The SMILES string of the molecule is CC(C)(C)C(F)(F)c1cncc(C#N)c1. The van der Waals surface area contributed by atoms with E-state index in [0.717, 1.165) is 6.20 Å². The van der Waals surface area contributed by atoms with Crippen LogP contribution in [0.1, 0.15) is 31.9 Å². The second-order valence-electron chi connectivity index (χ2n) is 4.40. The van der Waals surface area contributed by atoms with E-state index in [1.54, 1.807) is 6.07 Å². The molecule has 15 heavy (non-hydrogen) atoms. The van der Waals surface area contributed by atoms with Crippen molar-refractivity contribution >= 4 is 0 Å². The molecule has 0 amide bonds. The summed E-state index contributed by atoms with van der Waals surface area (Å²) in [4.78, 5) is 3.63. The van der Waals surface area contributed by atoms with Gasteiger partial charge in [0, 0.05) is 23.4 Å².